The molecule has 39 heavy (non-hydrogen) atoms. The van der Waals surface area contributed by atoms with E-state index in [-0.39, 0.29) is 46.7 Å². The third-order valence-electron chi connectivity index (χ3n) is 6.71. The molecule has 0 aromatic heterocycles. The molecule has 2 aliphatic heterocycles. The quantitative estimate of drug-likeness (QED) is 0.264. The van der Waals surface area contributed by atoms with E-state index in [1.807, 2.05) is 0 Å². The summed E-state index contributed by atoms with van der Waals surface area (Å²) in [4.78, 5) is 26.0. The Balaban J connectivity index is 1.63. The van der Waals surface area contributed by atoms with Gasteiger partial charge in [-0.15, -0.1) is 0 Å². The molecule has 3 aromatic rings. The van der Waals surface area contributed by atoms with Crippen LogP contribution in [0.4, 0.5) is 0 Å². The Morgan fingerprint density at radius 1 is 0.821 bits per heavy atom. The van der Waals surface area contributed by atoms with Gasteiger partial charge in [0.05, 0.1) is 47.5 Å². The molecule has 202 valence electrons. The number of rotatable bonds is 7. The summed E-state index contributed by atoms with van der Waals surface area (Å²) in [6.45, 7) is 0. The number of allylic oxidation sites excluding steroid dienone is 1. The molecule has 1 unspecified atom stereocenters. The van der Waals surface area contributed by atoms with Crippen LogP contribution in [0.1, 0.15) is 39.4 Å². The number of hydrogen-bond acceptors (Lipinski definition) is 10. The molecular formula is C29H26O10. The summed E-state index contributed by atoms with van der Waals surface area (Å²) in [6, 6.07) is 9.80. The van der Waals surface area contributed by atoms with Gasteiger partial charge in [0.15, 0.2) is 28.8 Å². The standard InChI is InChI=1S/C29H26O10/c1-33-19-8-6-14(27(36-4)29(19)37-5)10-22-25(31)16-7-9-18-24(28(16)39-22)17(13-23(30)38-18)15-11-20(34-2)26(32)21(12-15)35-3/h6-12,17,32H,13H2,1-5H3. The summed E-state index contributed by atoms with van der Waals surface area (Å²) in [5, 5.41) is 10.4. The highest BCUT2D eigenvalue weighted by Gasteiger charge is 2.39. The number of Topliss-reactive ketones (excluding diaryl/α,β-unsaturated/α-hetero) is 1. The number of ether oxygens (including phenoxy) is 7. The lowest BCUT2D eigenvalue weighted by Crippen LogP contribution is -2.21. The minimum Gasteiger partial charge on any atom is -0.502 e. The van der Waals surface area contributed by atoms with Gasteiger partial charge in [-0.05, 0) is 48.0 Å². The van der Waals surface area contributed by atoms with Crippen LogP contribution in [-0.4, -0.2) is 52.4 Å². The normalized spacial score (nSPS) is 16.6. The number of methoxy groups -OCH3 is 5. The summed E-state index contributed by atoms with van der Waals surface area (Å²) in [5.74, 6) is 0.651. The fourth-order valence-corrected chi connectivity index (χ4v) is 4.89. The van der Waals surface area contributed by atoms with E-state index in [1.165, 1.54) is 35.5 Å². The summed E-state index contributed by atoms with van der Waals surface area (Å²) in [6.07, 6.45) is 1.53. The molecular weight excluding hydrogens is 508 g/mol. The Labute approximate surface area is 224 Å². The number of phenols is 1. The fraction of sp³-hybridized carbons (Fsp3) is 0.241. The summed E-state index contributed by atoms with van der Waals surface area (Å²) >= 11 is 0. The second kappa shape index (κ2) is 10.1. The van der Waals surface area contributed by atoms with E-state index in [9.17, 15) is 14.7 Å². The van der Waals surface area contributed by atoms with E-state index in [0.29, 0.717) is 39.5 Å². The molecule has 10 heteroatoms. The third-order valence-corrected chi connectivity index (χ3v) is 6.71. The number of aromatic hydroxyl groups is 1. The van der Waals surface area contributed by atoms with Crippen molar-refractivity contribution in [1.29, 1.82) is 0 Å². The molecule has 3 aromatic carbocycles. The average Bonchev–Trinajstić information content (AvgIpc) is 3.26. The first kappa shape index (κ1) is 25.8. The van der Waals surface area contributed by atoms with Gasteiger partial charge in [-0.2, -0.15) is 0 Å². The zero-order valence-corrected chi connectivity index (χ0v) is 21.9. The van der Waals surface area contributed by atoms with Crippen molar-refractivity contribution in [2.75, 3.05) is 35.5 Å². The topological polar surface area (TPSA) is 119 Å². The molecule has 0 bridgehead atoms. The predicted molar refractivity (Wildman–Crippen MR) is 139 cm³/mol. The Kier molecular flexibility index (Phi) is 6.69. The number of benzene rings is 3. The molecule has 0 aliphatic carbocycles. The number of carbonyl (C=O) groups excluding carboxylic acids is 2. The van der Waals surface area contributed by atoms with Gasteiger partial charge in [-0.3, -0.25) is 9.59 Å². The molecule has 2 aliphatic rings. The van der Waals surface area contributed by atoms with Crippen LogP contribution in [0.15, 0.2) is 42.2 Å². The first-order chi connectivity index (χ1) is 18.8. The minimum atomic E-state index is -0.567. The van der Waals surface area contributed by atoms with E-state index in [1.54, 1.807) is 42.5 Å². The number of esters is 1. The van der Waals surface area contributed by atoms with Crippen LogP contribution in [-0.2, 0) is 4.79 Å². The molecule has 0 fully saturated rings. The van der Waals surface area contributed by atoms with Crippen LogP contribution in [0.2, 0.25) is 0 Å². The summed E-state index contributed by atoms with van der Waals surface area (Å²) < 4.78 is 38.6. The Morgan fingerprint density at radius 2 is 1.49 bits per heavy atom. The number of carbonyl (C=O) groups is 2. The van der Waals surface area contributed by atoms with Crippen LogP contribution in [0, 0.1) is 0 Å². The smallest absolute Gasteiger partial charge is 0.312 e. The average molecular weight is 535 g/mol. The van der Waals surface area contributed by atoms with Crippen LogP contribution in [0.3, 0.4) is 0 Å². The van der Waals surface area contributed by atoms with Crippen molar-refractivity contribution in [1.82, 2.24) is 0 Å². The minimum absolute atomic E-state index is 0.0271. The number of ketones is 1. The van der Waals surface area contributed by atoms with Crippen molar-refractivity contribution >= 4 is 17.8 Å². The molecule has 2 heterocycles. The Morgan fingerprint density at radius 3 is 2.10 bits per heavy atom. The molecule has 0 saturated carbocycles. The van der Waals surface area contributed by atoms with Gasteiger partial charge in [0.2, 0.25) is 17.3 Å². The van der Waals surface area contributed by atoms with E-state index in [4.69, 9.17) is 33.2 Å². The van der Waals surface area contributed by atoms with E-state index < -0.39 is 11.9 Å². The van der Waals surface area contributed by atoms with E-state index in [0.717, 1.165) is 0 Å². The van der Waals surface area contributed by atoms with Crippen LogP contribution in [0.5, 0.6) is 46.0 Å². The van der Waals surface area contributed by atoms with Gasteiger partial charge in [-0.1, -0.05) is 0 Å². The SMILES string of the molecule is COc1cc(C2CC(=O)Oc3ccc4c(c32)OC(=Cc2ccc(OC)c(OC)c2OC)C4=O)cc(OC)c1O. The molecule has 0 saturated heterocycles. The molecule has 0 amide bonds. The maximum absolute atomic E-state index is 13.4. The highest BCUT2D eigenvalue weighted by atomic mass is 16.5. The van der Waals surface area contributed by atoms with Crippen LogP contribution in [0.25, 0.3) is 6.08 Å². The Hall–Kier alpha value is -4.86. The monoisotopic (exact) mass is 534 g/mol. The number of hydrogen-bond donors (Lipinski definition) is 1. The molecule has 5 rings (SSSR count). The second-order valence-corrected chi connectivity index (χ2v) is 8.72. The molecule has 10 nitrogen and oxygen atoms in total. The van der Waals surface area contributed by atoms with Crippen LogP contribution < -0.4 is 33.2 Å². The predicted octanol–water partition coefficient (Wildman–Crippen LogP) is 4.49. The van der Waals surface area contributed by atoms with Gasteiger partial charge >= 0.3 is 5.97 Å². The molecule has 0 radical (unpaired) electrons. The van der Waals surface area contributed by atoms with Crippen molar-refractivity contribution in [3.05, 3.63) is 64.4 Å². The lowest BCUT2D eigenvalue weighted by atomic mass is 9.84. The van der Waals surface area contributed by atoms with Crippen molar-refractivity contribution in [3.63, 3.8) is 0 Å². The largest absolute Gasteiger partial charge is 0.502 e. The highest BCUT2D eigenvalue weighted by molar-refractivity contribution is 6.15. The van der Waals surface area contributed by atoms with Crippen molar-refractivity contribution in [3.8, 4) is 46.0 Å². The third kappa shape index (κ3) is 4.23. The lowest BCUT2D eigenvalue weighted by Gasteiger charge is -2.27. The van der Waals surface area contributed by atoms with Crippen molar-refractivity contribution < 1.29 is 47.9 Å². The highest BCUT2D eigenvalue weighted by Crippen LogP contribution is 2.51. The van der Waals surface area contributed by atoms with E-state index in [2.05, 4.69) is 0 Å². The second-order valence-electron chi connectivity index (χ2n) is 8.72. The molecule has 1 N–H and O–H groups in total. The first-order valence-electron chi connectivity index (χ1n) is 11.9. The number of fused-ring (bicyclic) bond motifs is 3. The van der Waals surface area contributed by atoms with Gasteiger partial charge in [-0.25, -0.2) is 0 Å². The maximum atomic E-state index is 13.4. The van der Waals surface area contributed by atoms with Gasteiger partial charge < -0.3 is 38.3 Å². The van der Waals surface area contributed by atoms with Gasteiger partial charge in [0, 0.05) is 17.0 Å². The lowest BCUT2D eigenvalue weighted by molar-refractivity contribution is -0.135. The summed E-state index contributed by atoms with van der Waals surface area (Å²) in [5.41, 5.74) is 2.00. The van der Waals surface area contributed by atoms with Crippen LogP contribution >= 0.6 is 0 Å². The number of phenolic OH excluding ortho intramolecular Hbond substituents is 1. The Bertz CT molecular complexity index is 1500. The fourth-order valence-electron chi connectivity index (χ4n) is 4.89. The molecule has 0 spiro atoms. The van der Waals surface area contributed by atoms with Gasteiger partial charge in [0.25, 0.3) is 0 Å². The first-order valence-corrected chi connectivity index (χ1v) is 11.9. The van der Waals surface area contributed by atoms with Crippen molar-refractivity contribution in [2.24, 2.45) is 0 Å². The zero-order chi connectivity index (χ0) is 27.8. The van der Waals surface area contributed by atoms with Gasteiger partial charge in [0.1, 0.15) is 11.5 Å². The zero-order valence-electron chi connectivity index (χ0n) is 21.9. The summed E-state index contributed by atoms with van der Waals surface area (Å²) in [7, 11) is 7.33. The molecule has 1 atom stereocenters. The maximum Gasteiger partial charge on any atom is 0.312 e. The van der Waals surface area contributed by atoms with E-state index >= 15 is 0 Å². The van der Waals surface area contributed by atoms with Crippen molar-refractivity contribution in [2.45, 2.75) is 12.3 Å².